The lowest BCUT2D eigenvalue weighted by atomic mass is 10.5. The van der Waals surface area contributed by atoms with Gasteiger partial charge in [-0.2, -0.15) is 0 Å². The highest BCUT2D eigenvalue weighted by atomic mass is 79.9. The van der Waals surface area contributed by atoms with Crippen LogP contribution in [0.2, 0.25) is 0 Å². The van der Waals surface area contributed by atoms with E-state index >= 15 is 0 Å². The van der Waals surface area contributed by atoms with Gasteiger partial charge in [-0.1, -0.05) is 0 Å². The third-order valence-electron chi connectivity index (χ3n) is 0.919. The Balaban J connectivity index is 2.72. The average molecular weight is 199 g/mol. The fraction of sp³-hybridized carbons (Fsp3) is 1.00. The largest absolute Gasteiger partial charge is 0.309 e. The molecule has 0 aromatic heterocycles. The number of hydrogen-bond donors (Lipinski definition) is 0. The van der Waals surface area contributed by atoms with Crippen LogP contribution in [0.3, 0.4) is 0 Å². The normalized spacial score (nSPS) is 12.0. The maximum Gasteiger partial charge on any atom is 0.133 e. The van der Waals surface area contributed by atoms with Crippen LogP contribution in [0.5, 0.6) is 0 Å². The second-order valence-electron chi connectivity index (χ2n) is 2.10. The minimum Gasteiger partial charge on any atom is -0.309 e. The monoisotopic (exact) mass is 198 g/mol. The molecular formula is C5H14BrNP+. The molecule has 0 aromatic rings. The Hall–Kier alpha value is 0.870. The van der Waals surface area contributed by atoms with Crippen molar-refractivity contribution < 1.29 is 0 Å². The molecule has 0 saturated carbocycles. The first-order chi connectivity index (χ1) is 3.77. The summed E-state index contributed by atoms with van der Waals surface area (Å²) in [6.07, 6.45) is 2.71. The molecule has 1 unspecified atom stereocenters. The maximum atomic E-state index is 3.46. The van der Waals surface area contributed by atoms with Crippen LogP contribution in [-0.4, -0.2) is 31.7 Å². The van der Waals surface area contributed by atoms with E-state index < -0.39 is 0 Å². The van der Waals surface area contributed by atoms with Gasteiger partial charge in [-0.3, -0.25) is 0 Å². The van der Waals surface area contributed by atoms with Gasteiger partial charge in [0.25, 0.3) is 0 Å². The molecule has 0 aliphatic rings. The van der Waals surface area contributed by atoms with Gasteiger partial charge in [-0.05, 0) is 20.5 Å². The van der Waals surface area contributed by atoms with Crippen molar-refractivity contribution in [2.75, 3.05) is 26.8 Å². The van der Waals surface area contributed by atoms with Gasteiger partial charge < -0.3 is 4.90 Å². The van der Waals surface area contributed by atoms with Crippen molar-refractivity contribution in [2.24, 2.45) is 0 Å². The summed E-state index contributed by atoms with van der Waals surface area (Å²) in [6.45, 7) is 1.23. The molecule has 0 heterocycles. The van der Waals surface area contributed by atoms with Crippen LogP contribution in [0.1, 0.15) is 6.42 Å². The molecule has 0 amide bonds. The van der Waals surface area contributed by atoms with E-state index in [1.54, 1.807) is 0 Å². The molecule has 0 rings (SSSR count). The van der Waals surface area contributed by atoms with Crippen molar-refractivity contribution in [3.8, 4) is 0 Å². The van der Waals surface area contributed by atoms with Crippen molar-refractivity contribution in [1.82, 2.24) is 4.90 Å². The van der Waals surface area contributed by atoms with Crippen LogP contribution in [-0.2, 0) is 0 Å². The summed E-state index contributed by atoms with van der Waals surface area (Å²) in [7, 11) is 4.78. The van der Waals surface area contributed by atoms with Crippen molar-refractivity contribution in [3.63, 3.8) is 0 Å². The fourth-order valence-corrected chi connectivity index (χ4v) is 1.79. The molecule has 0 spiro atoms. The SMILES string of the molecule is CN(C)CCC[PH2+]Br. The van der Waals surface area contributed by atoms with E-state index in [2.05, 4.69) is 34.5 Å². The van der Waals surface area contributed by atoms with Crippen molar-refractivity contribution in [1.29, 1.82) is 0 Å². The molecule has 0 N–H and O–H groups in total. The van der Waals surface area contributed by atoms with Crippen LogP contribution in [0.4, 0.5) is 0 Å². The Morgan fingerprint density at radius 2 is 2.12 bits per heavy atom. The maximum absolute atomic E-state index is 3.46. The van der Waals surface area contributed by atoms with Gasteiger partial charge in [0.15, 0.2) is 0 Å². The van der Waals surface area contributed by atoms with Crippen LogP contribution in [0, 0.1) is 0 Å². The third-order valence-corrected chi connectivity index (χ3v) is 2.92. The van der Waals surface area contributed by atoms with Gasteiger partial charge >= 0.3 is 0 Å². The molecule has 8 heavy (non-hydrogen) atoms. The molecule has 1 nitrogen and oxygen atoms in total. The van der Waals surface area contributed by atoms with Crippen LogP contribution >= 0.6 is 22.8 Å². The van der Waals surface area contributed by atoms with Crippen LogP contribution in [0.25, 0.3) is 0 Å². The van der Waals surface area contributed by atoms with E-state index in [4.69, 9.17) is 0 Å². The number of nitrogens with zero attached hydrogens (tertiary/aromatic N) is 1. The number of hydrogen-bond acceptors (Lipinski definition) is 1. The average Bonchev–Trinajstić information content (AvgIpc) is 1.66. The predicted molar refractivity (Wildman–Crippen MR) is 46.7 cm³/mol. The lowest BCUT2D eigenvalue weighted by Crippen LogP contribution is -2.12. The standard InChI is InChI=1S/C5H13BrNP/c1-7(2)4-3-5-8-6/h8H,3-5H2,1-2H3/p+1. The van der Waals surface area contributed by atoms with E-state index in [1.807, 2.05) is 0 Å². The first-order valence-electron chi connectivity index (χ1n) is 2.84. The lowest BCUT2D eigenvalue weighted by Gasteiger charge is -2.05. The van der Waals surface area contributed by atoms with E-state index in [0.29, 0.717) is 7.28 Å². The highest BCUT2D eigenvalue weighted by Crippen LogP contribution is 2.19. The molecule has 0 aromatic carbocycles. The highest BCUT2D eigenvalue weighted by molar-refractivity contribution is 9.36. The molecular weight excluding hydrogens is 185 g/mol. The molecule has 0 bridgehead atoms. The van der Waals surface area contributed by atoms with E-state index in [9.17, 15) is 0 Å². The minimum absolute atomic E-state index is 0.550. The number of rotatable bonds is 4. The molecule has 1 atom stereocenters. The molecule has 3 heteroatoms. The Kier molecular flexibility index (Phi) is 6.65. The third kappa shape index (κ3) is 6.87. The summed E-state index contributed by atoms with van der Waals surface area (Å²) < 4.78 is 0. The molecule has 0 aliphatic heterocycles. The van der Waals surface area contributed by atoms with Gasteiger partial charge in [-0.25, -0.2) is 0 Å². The van der Waals surface area contributed by atoms with Gasteiger partial charge in [-0.15, -0.1) is 0 Å². The molecule has 0 saturated heterocycles. The second kappa shape index (κ2) is 6.00. The fourth-order valence-electron chi connectivity index (χ4n) is 0.485. The Morgan fingerprint density at radius 1 is 1.50 bits per heavy atom. The van der Waals surface area contributed by atoms with Gasteiger partial charge in [0, 0.05) is 6.54 Å². The van der Waals surface area contributed by atoms with Crippen molar-refractivity contribution >= 4 is 22.8 Å². The second-order valence-corrected chi connectivity index (χ2v) is 4.93. The molecule has 0 aliphatic carbocycles. The van der Waals surface area contributed by atoms with Gasteiger partial charge in [0.2, 0.25) is 0 Å². The van der Waals surface area contributed by atoms with E-state index in [-0.39, 0.29) is 0 Å². The summed E-state index contributed by atoms with van der Waals surface area (Å²) in [4.78, 5) is 2.22. The highest BCUT2D eigenvalue weighted by Gasteiger charge is 1.91. The summed E-state index contributed by atoms with van der Waals surface area (Å²) in [5.41, 5.74) is 0. The summed E-state index contributed by atoms with van der Waals surface area (Å²) >= 11 is 3.46. The first-order valence-corrected chi connectivity index (χ1v) is 6.84. The Labute approximate surface area is 61.4 Å². The number of halogens is 1. The Morgan fingerprint density at radius 3 is 2.50 bits per heavy atom. The minimum atomic E-state index is 0.550. The lowest BCUT2D eigenvalue weighted by molar-refractivity contribution is 0.410. The topological polar surface area (TPSA) is 3.24 Å². The summed E-state index contributed by atoms with van der Waals surface area (Å²) in [6, 6.07) is 0. The van der Waals surface area contributed by atoms with Crippen LogP contribution in [0.15, 0.2) is 0 Å². The predicted octanol–water partition coefficient (Wildman–Crippen LogP) is 1.66. The van der Waals surface area contributed by atoms with E-state index in [0.717, 1.165) is 0 Å². The zero-order valence-electron chi connectivity index (χ0n) is 5.52. The molecule has 50 valence electrons. The van der Waals surface area contributed by atoms with E-state index in [1.165, 1.54) is 19.1 Å². The quantitative estimate of drug-likeness (QED) is 0.491. The molecule has 0 fully saturated rings. The Bertz CT molecular complexity index is 49.7. The van der Waals surface area contributed by atoms with Crippen molar-refractivity contribution in [3.05, 3.63) is 0 Å². The van der Waals surface area contributed by atoms with Crippen LogP contribution < -0.4 is 0 Å². The van der Waals surface area contributed by atoms with Gasteiger partial charge in [0.1, 0.15) is 15.5 Å². The zero-order valence-corrected chi connectivity index (χ0v) is 8.26. The molecule has 0 radical (unpaired) electrons. The van der Waals surface area contributed by atoms with Gasteiger partial charge in [0.05, 0.1) is 13.4 Å². The first kappa shape index (κ1) is 8.87. The summed E-state index contributed by atoms with van der Waals surface area (Å²) in [5, 5.41) is 0. The summed E-state index contributed by atoms with van der Waals surface area (Å²) in [5.74, 6) is 0. The smallest absolute Gasteiger partial charge is 0.133 e. The van der Waals surface area contributed by atoms with Crippen molar-refractivity contribution in [2.45, 2.75) is 6.42 Å². The zero-order chi connectivity index (χ0) is 6.41.